The second kappa shape index (κ2) is 5.25. The number of carbonyl (C=O) groups excluding carboxylic acids is 2. The molecule has 0 unspecified atom stereocenters. The van der Waals surface area contributed by atoms with Gasteiger partial charge >= 0.3 is 0 Å². The molecule has 1 rings (SSSR count). The lowest BCUT2D eigenvalue weighted by Gasteiger charge is -2.44. The Hall–Kier alpha value is -1.48. The summed E-state index contributed by atoms with van der Waals surface area (Å²) in [6.45, 7) is 8.79. The van der Waals surface area contributed by atoms with E-state index in [1.54, 1.807) is 26.0 Å². The molecule has 0 aromatic rings. The van der Waals surface area contributed by atoms with Gasteiger partial charge in [0.25, 0.3) is 0 Å². The van der Waals surface area contributed by atoms with E-state index in [-0.39, 0.29) is 11.6 Å². The number of ketones is 2. The molecule has 0 fully saturated rings. The minimum Gasteiger partial charge on any atom is -0.381 e. The Balaban J connectivity index is 3.15. The van der Waals surface area contributed by atoms with Crippen LogP contribution in [0.2, 0.25) is 0 Å². The van der Waals surface area contributed by atoms with Gasteiger partial charge in [-0.2, -0.15) is 0 Å². The number of allylic oxidation sites excluding steroid dienone is 4. The molecule has 3 heteroatoms. The highest BCUT2D eigenvalue weighted by Gasteiger charge is 2.46. The minimum atomic E-state index is -1.16. The molecule has 3 nitrogen and oxygen atoms in total. The first-order chi connectivity index (χ1) is 8.58. The third kappa shape index (κ3) is 3.29. The predicted octanol–water partition coefficient (Wildman–Crippen LogP) is 2.75. The fourth-order valence-corrected chi connectivity index (χ4v) is 2.48. The van der Waals surface area contributed by atoms with Crippen LogP contribution in [0.25, 0.3) is 0 Å². The smallest absolute Gasteiger partial charge is 0.156 e. The van der Waals surface area contributed by atoms with E-state index in [1.165, 1.54) is 19.1 Å². The van der Waals surface area contributed by atoms with Gasteiger partial charge in [-0.1, -0.05) is 19.9 Å². The van der Waals surface area contributed by atoms with Gasteiger partial charge in [0.05, 0.1) is 0 Å². The molecule has 0 aliphatic heterocycles. The first-order valence-corrected chi connectivity index (χ1v) is 6.40. The summed E-state index contributed by atoms with van der Waals surface area (Å²) in [5.74, 6) is 0.0102. The number of hydrogen-bond acceptors (Lipinski definition) is 3. The van der Waals surface area contributed by atoms with Crippen LogP contribution < -0.4 is 0 Å². The fourth-order valence-electron chi connectivity index (χ4n) is 2.48. The number of rotatable bonds is 3. The standard InChI is InChI=1S/C16H22O3/c1-11(8-13(3)17)6-7-16(19)12(2)9-14(18)10-15(16,4)5/h6-9,19H,10H2,1-5H3/b7-6+,11-8+/t16-/m1/s1. The molecule has 19 heavy (non-hydrogen) atoms. The molecule has 1 N–H and O–H groups in total. The predicted molar refractivity (Wildman–Crippen MR) is 75.7 cm³/mol. The molecule has 0 spiro atoms. The van der Waals surface area contributed by atoms with Gasteiger partial charge in [-0.15, -0.1) is 0 Å². The highest BCUT2D eigenvalue weighted by atomic mass is 16.3. The van der Waals surface area contributed by atoms with Crippen molar-refractivity contribution in [1.29, 1.82) is 0 Å². The Labute approximate surface area is 114 Å². The highest BCUT2D eigenvalue weighted by Crippen LogP contribution is 2.44. The van der Waals surface area contributed by atoms with Crippen LogP contribution >= 0.6 is 0 Å². The van der Waals surface area contributed by atoms with Crippen molar-refractivity contribution in [1.82, 2.24) is 0 Å². The quantitative estimate of drug-likeness (QED) is 0.628. The molecular formula is C16H22O3. The Kier molecular flexibility index (Phi) is 4.31. The molecule has 0 aromatic heterocycles. The van der Waals surface area contributed by atoms with Gasteiger partial charge in [-0.05, 0) is 50.1 Å². The summed E-state index contributed by atoms with van der Waals surface area (Å²) in [5, 5.41) is 10.8. The first-order valence-electron chi connectivity index (χ1n) is 6.40. The van der Waals surface area contributed by atoms with Gasteiger partial charge in [0, 0.05) is 11.8 Å². The molecule has 0 saturated heterocycles. The molecule has 0 heterocycles. The van der Waals surface area contributed by atoms with Crippen LogP contribution in [0.5, 0.6) is 0 Å². The largest absolute Gasteiger partial charge is 0.381 e. The fraction of sp³-hybridized carbons (Fsp3) is 0.500. The van der Waals surface area contributed by atoms with Gasteiger partial charge in [-0.25, -0.2) is 0 Å². The SMILES string of the molecule is CC(=O)/C=C(C)/C=C/[C@@]1(O)C(C)=CC(=O)CC1(C)C. The third-order valence-corrected chi connectivity index (χ3v) is 3.65. The zero-order chi connectivity index (χ0) is 14.8. The van der Waals surface area contributed by atoms with Gasteiger partial charge in [-0.3, -0.25) is 9.59 Å². The van der Waals surface area contributed by atoms with Crippen molar-refractivity contribution in [3.05, 3.63) is 35.5 Å². The number of carbonyl (C=O) groups is 2. The molecule has 1 aliphatic carbocycles. The first kappa shape index (κ1) is 15.6. The van der Waals surface area contributed by atoms with Crippen molar-refractivity contribution in [3.8, 4) is 0 Å². The summed E-state index contributed by atoms with van der Waals surface area (Å²) >= 11 is 0. The molecule has 0 bridgehead atoms. The van der Waals surface area contributed by atoms with Gasteiger partial charge in [0.1, 0.15) is 5.60 Å². The van der Waals surface area contributed by atoms with E-state index in [2.05, 4.69) is 0 Å². The van der Waals surface area contributed by atoms with E-state index in [0.717, 1.165) is 5.57 Å². The second-order valence-electron chi connectivity index (χ2n) is 5.95. The van der Waals surface area contributed by atoms with E-state index in [1.807, 2.05) is 13.8 Å². The minimum absolute atomic E-state index is 0.0283. The molecule has 1 aliphatic rings. The van der Waals surface area contributed by atoms with Crippen molar-refractivity contribution < 1.29 is 14.7 Å². The Morgan fingerprint density at radius 2 is 1.95 bits per heavy atom. The van der Waals surface area contributed by atoms with Crippen molar-refractivity contribution in [2.24, 2.45) is 5.41 Å². The maximum atomic E-state index is 11.6. The third-order valence-electron chi connectivity index (χ3n) is 3.65. The number of hydrogen-bond donors (Lipinski definition) is 1. The Bertz CT molecular complexity index is 492. The van der Waals surface area contributed by atoms with E-state index >= 15 is 0 Å². The van der Waals surface area contributed by atoms with Gasteiger partial charge < -0.3 is 5.11 Å². The zero-order valence-corrected chi connectivity index (χ0v) is 12.3. The summed E-state index contributed by atoms with van der Waals surface area (Å²) in [4.78, 5) is 22.6. The summed E-state index contributed by atoms with van der Waals surface area (Å²) < 4.78 is 0. The van der Waals surface area contributed by atoms with Crippen molar-refractivity contribution in [2.45, 2.75) is 46.6 Å². The van der Waals surface area contributed by atoms with Crippen molar-refractivity contribution in [2.75, 3.05) is 0 Å². The van der Waals surface area contributed by atoms with Crippen LogP contribution in [-0.2, 0) is 9.59 Å². The van der Waals surface area contributed by atoms with Crippen LogP contribution in [0.3, 0.4) is 0 Å². The van der Waals surface area contributed by atoms with E-state index in [4.69, 9.17) is 0 Å². The number of aliphatic hydroxyl groups is 1. The van der Waals surface area contributed by atoms with Crippen molar-refractivity contribution in [3.63, 3.8) is 0 Å². The molecule has 104 valence electrons. The Morgan fingerprint density at radius 1 is 1.37 bits per heavy atom. The summed E-state index contributed by atoms with van der Waals surface area (Å²) in [6.07, 6.45) is 6.73. The van der Waals surface area contributed by atoms with E-state index < -0.39 is 11.0 Å². The molecule has 0 amide bonds. The average molecular weight is 262 g/mol. The lowest BCUT2D eigenvalue weighted by Crippen LogP contribution is -2.48. The summed E-state index contributed by atoms with van der Waals surface area (Å²) in [6, 6.07) is 0. The average Bonchev–Trinajstić information content (AvgIpc) is 2.21. The zero-order valence-electron chi connectivity index (χ0n) is 12.3. The topological polar surface area (TPSA) is 54.4 Å². The van der Waals surface area contributed by atoms with E-state index in [9.17, 15) is 14.7 Å². The molecule has 0 aromatic carbocycles. The maximum Gasteiger partial charge on any atom is 0.156 e. The highest BCUT2D eigenvalue weighted by molar-refractivity contribution is 5.93. The normalized spacial score (nSPS) is 27.6. The molecular weight excluding hydrogens is 240 g/mol. The van der Waals surface area contributed by atoms with Crippen LogP contribution in [0.1, 0.15) is 41.0 Å². The van der Waals surface area contributed by atoms with Gasteiger partial charge in [0.15, 0.2) is 11.6 Å². The van der Waals surface area contributed by atoms with Gasteiger partial charge in [0.2, 0.25) is 0 Å². The van der Waals surface area contributed by atoms with E-state index in [0.29, 0.717) is 12.0 Å². The monoisotopic (exact) mass is 262 g/mol. The molecule has 0 radical (unpaired) electrons. The van der Waals surface area contributed by atoms with Crippen LogP contribution in [0.4, 0.5) is 0 Å². The lowest BCUT2D eigenvalue weighted by molar-refractivity contribution is -0.121. The second-order valence-corrected chi connectivity index (χ2v) is 5.95. The van der Waals surface area contributed by atoms with Crippen LogP contribution in [-0.4, -0.2) is 22.3 Å². The lowest BCUT2D eigenvalue weighted by atomic mass is 9.64. The summed E-state index contributed by atoms with van der Waals surface area (Å²) in [7, 11) is 0. The molecule has 1 atom stereocenters. The van der Waals surface area contributed by atoms with Crippen LogP contribution in [0.15, 0.2) is 35.5 Å². The maximum absolute atomic E-state index is 11.6. The Morgan fingerprint density at radius 3 is 2.42 bits per heavy atom. The van der Waals surface area contributed by atoms with Crippen molar-refractivity contribution >= 4 is 11.6 Å². The molecule has 0 saturated carbocycles. The van der Waals surface area contributed by atoms with Crippen LogP contribution in [0, 0.1) is 5.41 Å². The summed E-state index contributed by atoms with van der Waals surface area (Å²) in [5.41, 5.74) is -0.301.